The van der Waals surface area contributed by atoms with Crippen LogP contribution >= 0.6 is 22.9 Å². The number of thiophene rings is 1. The summed E-state index contributed by atoms with van der Waals surface area (Å²) in [6.07, 6.45) is 1.51. The molecule has 84 valence electrons. The van der Waals surface area contributed by atoms with Crippen molar-refractivity contribution in [2.24, 2.45) is 0 Å². The van der Waals surface area contributed by atoms with E-state index in [1.165, 1.54) is 16.4 Å². The van der Waals surface area contributed by atoms with E-state index < -0.39 is 0 Å². The zero-order valence-corrected chi connectivity index (χ0v) is 10.7. The van der Waals surface area contributed by atoms with Crippen molar-refractivity contribution in [2.45, 2.75) is 6.92 Å². The maximum Gasteiger partial charge on any atom is 0.135 e. The molecule has 0 radical (unpaired) electrons. The molecule has 0 atom stereocenters. The van der Waals surface area contributed by atoms with Gasteiger partial charge in [-0.15, -0.1) is 11.3 Å². The maximum absolute atomic E-state index is 6.04. The third-order valence-electron chi connectivity index (χ3n) is 2.76. The molecule has 0 aliphatic carbocycles. The smallest absolute Gasteiger partial charge is 0.135 e. The van der Waals surface area contributed by atoms with Gasteiger partial charge in [0, 0.05) is 15.8 Å². The first kappa shape index (κ1) is 10.7. The van der Waals surface area contributed by atoms with E-state index in [0.717, 1.165) is 16.8 Å². The molecule has 0 saturated carbocycles. The Labute approximate surface area is 108 Å². The number of benzene rings is 1. The van der Waals surface area contributed by atoms with Crippen LogP contribution in [0.3, 0.4) is 0 Å². The highest BCUT2D eigenvalue weighted by molar-refractivity contribution is 7.17. The lowest BCUT2D eigenvalue weighted by Crippen LogP contribution is -1.91. The van der Waals surface area contributed by atoms with E-state index in [1.807, 2.05) is 13.0 Å². The summed E-state index contributed by atoms with van der Waals surface area (Å²) in [6.45, 7) is 1.95. The molecule has 0 fully saturated rings. The molecular weight excluding hydrogens is 252 g/mol. The van der Waals surface area contributed by atoms with Gasteiger partial charge < -0.3 is 0 Å². The van der Waals surface area contributed by atoms with Crippen LogP contribution in [-0.4, -0.2) is 9.97 Å². The van der Waals surface area contributed by atoms with Crippen molar-refractivity contribution in [3.05, 3.63) is 46.7 Å². The molecular formula is C13H9ClN2S. The fraction of sp³-hybridized carbons (Fsp3) is 0.0769. The third-order valence-corrected chi connectivity index (χ3v) is 4.10. The minimum Gasteiger partial charge on any atom is -0.236 e. The molecule has 0 aliphatic heterocycles. The Kier molecular flexibility index (Phi) is 2.57. The Morgan fingerprint density at radius 3 is 2.94 bits per heavy atom. The molecule has 0 aliphatic rings. The summed E-state index contributed by atoms with van der Waals surface area (Å²) in [5.74, 6) is 0. The Hall–Kier alpha value is -1.45. The van der Waals surface area contributed by atoms with E-state index in [9.17, 15) is 0 Å². The van der Waals surface area contributed by atoms with Gasteiger partial charge in [-0.25, -0.2) is 9.97 Å². The van der Waals surface area contributed by atoms with E-state index in [-0.39, 0.29) is 0 Å². The van der Waals surface area contributed by atoms with E-state index in [1.54, 1.807) is 11.3 Å². The molecule has 3 rings (SSSR count). The van der Waals surface area contributed by atoms with Gasteiger partial charge >= 0.3 is 0 Å². The van der Waals surface area contributed by atoms with Gasteiger partial charge in [0.15, 0.2) is 0 Å². The lowest BCUT2D eigenvalue weighted by Gasteiger charge is -2.06. The normalized spacial score (nSPS) is 10.9. The van der Waals surface area contributed by atoms with Crippen LogP contribution in [0.2, 0.25) is 5.15 Å². The fourth-order valence-electron chi connectivity index (χ4n) is 1.88. The van der Waals surface area contributed by atoms with Crippen LogP contribution < -0.4 is 0 Å². The van der Waals surface area contributed by atoms with Crippen LogP contribution in [0, 0.1) is 6.92 Å². The standard InChI is InChI=1S/C13H9ClN2S/c1-8-11(15-7-16-13(8)14)10-4-2-3-9-5-6-17-12(9)10/h2-7H,1H3. The lowest BCUT2D eigenvalue weighted by atomic mass is 10.1. The molecule has 0 spiro atoms. The first-order valence-electron chi connectivity index (χ1n) is 5.21. The van der Waals surface area contributed by atoms with Gasteiger partial charge in [0.2, 0.25) is 0 Å². The predicted molar refractivity (Wildman–Crippen MR) is 72.6 cm³/mol. The number of hydrogen-bond donors (Lipinski definition) is 0. The fourth-order valence-corrected chi connectivity index (χ4v) is 2.93. The first-order valence-corrected chi connectivity index (χ1v) is 6.47. The molecule has 0 bridgehead atoms. The summed E-state index contributed by atoms with van der Waals surface area (Å²) in [4.78, 5) is 8.34. The quantitative estimate of drug-likeness (QED) is 0.609. The molecule has 0 unspecified atom stereocenters. The molecule has 1 aromatic carbocycles. The monoisotopic (exact) mass is 260 g/mol. The van der Waals surface area contributed by atoms with Gasteiger partial charge in [-0.2, -0.15) is 0 Å². The molecule has 3 aromatic rings. The van der Waals surface area contributed by atoms with Crippen molar-refractivity contribution in [1.29, 1.82) is 0 Å². The molecule has 17 heavy (non-hydrogen) atoms. The highest BCUT2D eigenvalue weighted by atomic mass is 35.5. The van der Waals surface area contributed by atoms with Gasteiger partial charge in [0.25, 0.3) is 0 Å². The van der Waals surface area contributed by atoms with Crippen LogP contribution in [0.15, 0.2) is 36.0 Å². The van der Waals surface area contributed by atoms with Crippen LogP contribution in [0.5, 0.6) is 0 Å². The van der Waals surface area contributed by atoms with E-state index in [2.05, 4.69) is 33.5 Å². The largest absolute Gasteiger partial charge is 0.236 e. The molecule has 0 N–H and O–H groups in total. The average molecular weight is 261 g/mol. The summed E-state index contributed by atoms with van der Waals surface area (Å²) in [5, 5.41) is 3.84. The lowest BCUT2D eigenvalue weighted by molar-refractivity contribution is 1.14. The second-order valence-corrected chi connectivity index (χ2v) is 5.06. The topological polar surface area (TPSA) is 25.8 Å². The van der Waals surface area contributed by atoms with Crippen molar-refractivity contribution < 1.29 is 0 Å². The van der Waals surface area contributed by atoms with Gasteiger partial charge in [-0.3, -0.25) is 0 Å². The number of hydrogen-bond acceptors (Lipinski definition) is 3. The summed E-state index contributed by atoms with van der Waals surface area (Å²) >= 11 is 7.76. The summed E-state index contributed by atoms with van der Waals surface area (Å²) in [5.41, 5.74) is 2.97. The predicted octanol–water partition coefficient (Wildman–Crippen LogP) is 4.32. The Morgan fingerprint density at radius 1 is 1.18 bits per heavy atom. The van der Waals surface area contributed by atoms with Gasteiger partial charge in [-0.05, 0) is 23.8 Å². The second kappa shape index (κ2) is 4.09. The van der Waals surface area contributed by atoms with Gasteiger partial charge in [-0.1, -0.05) is 29.8 Å². The van der Waals surface area contributed by atoms with Crippen molar-refractivity contribution in [3.8, 4) is 11.3 Å². The Bertz CT molecular complexity index is 691. The van der Waals surface area contributed by atoms with Crippen molar-refractivity contribution in [1.82, 2.24) is 9.97 Å². The first-order chi connectivity index (χ1) is 8.27. The zero-order chi connectivity index (χ0) is 11.8. The second-order valence-electron chi connectivity index (χ2n) is 3.78. The Balaban J connectivity index is 2.34. The maximum atomic E-state index is 6.04. The minimum absolute atomic E-state index is 0.517. The number of aromatic nitrogens is 2. The van der Waals surface area contributed by atoms with E-state index in [4.69, 9.17) is 11.6 Å². The molecule has 2 heterocycles. The number of halogens is 1. The summed E-state index contributed by atoms with van der Waals surface area (Å²) in [6, 6.07) is 8.33. The Morgan fingerprint density at radius 2 is 2.06 bits per heavy atom. The summed E-state index contributed by atoms with van der Waals surface area (Å²) in [7, 11) is 0. The molecule has 0 saturated heterocycles. The molecule has 4 heteroatoms. The van der Waals surface area contributed by atoms with Gasteiger partial charge in [0.1, 0.15) is 11.5 Å². The molecule has 2 aromatic heterocycles. The average Bonchev–Trinajstić information content (AvgIpc) is 2.81. The highest BCUT2D eigenvalue weighted by Crippen LogP contribution is 2.33. The number of nitrogens with zero attached hydrogens (tertiary/aromatic N) is 2. The van der Waals surface area contributed by atoms with Gasteiger partial charge in [0.05, 0.1) is 5.69 Å². The van der Waals surface area contributed by atoms with Crippen LogP contribution in [0.25, 0.3) is 21.3 Å². The third kappa shape index (κ3) is 1.72. The number of fused-ring (bicyclic) bond motifs is 1. The van der Waals surface area contributed by atoms with Crippen molar-refractivity contribution >= 4 is 33.0 Å². The van der Waals surface area contributed by atoms with E-state index in [0.29, 0.717) is 5.15 Å². The molecule has 0 amide bonds. The summed E-state index contributed by atoms with van der Waals surface area (Å²) < 4.78 is 1.24. The minimum atomic E-state index is 0.517. The van der Waals surface area contributed by atoms with E-state index >= 15 is 0 Å². The molecule has 2 nitrogen and oxygen atoms in total. The highest BCUT2D eigenvalue weighted by Gasteiger charge is 2.11. The zero-order valence-electron chi connectivity index (χ0n) is 9.14. The van der Waals surface area contributed by atoms with Crippen molar-refractivity contribution in [2.75, 3.05) is 0 Å². The van der Waals surface area contributed by atoms with Crippen LogP contribution in [0.4, 0.5) is 0 Å². The SMILES string of the molecule is Cc1c(Cl)ncnc1-c1cccc2ccsc12. The number of rotatable bonds is 1. The van der Waals surface area contributed by atoms with Crippen LogP contribution in [0.1, 0.15) is 5.56 Å². The van der Waals surface area contributed by atoms with Crippen LogP contribution in [-0.2, 0) is 0 Å². The van der Waals surface area contributed by atoms with Crippen molar-refractivity contribution in [3.63, 3.8) is 0 Å².